The fraction of sp³-hybridized carbons (Fsp3) is 0.833. The summed E-state index contributed by atoms with van der Waals surface area (Å²) in [4.78, 5) is 13.4. The Bertz CT molecular complexity index is 431. The third kappa shape index (κ3) is 2.58. The Morgan fingerprint density at radius 1 is 1.39 bits per heavy atom. The van der Waals surface area contributed by atoms with E-state index in [1.165, 1.54) is 17.6 Å². The van der Waals surface area contributed by atoms with Gasteiger partial charge in [-0.2, -0.15) is 4.80 Å². The number of aryl methyl sites for hydroxylation is 1. The molecule has 18 heavy (non-hydrogen) atoms. The first kappa shape index (κ1) is 11.8. The summed E-state index contributed by atoms with van der Waals surface area (Å²) in [5, 5.41) is 15.2. The molecule has 6 heteroatoms. The average Bonchev–Trinajstić information content (AvgIpc) is 2.85. The van der Waals surface area contributed by atoms with E-state index in [9.17, 15) is 4.79 Å². The van der Waals surface area contributed by atoms with Crippen molar-refractivity contribution in [2.75, 3.05) is 0 Å². The number of rotatable bonds is 4. The average molecular weight is 249 g/mol. The Hall–Kier alpha value is -1.30. The van der Waals surface area contributed by atoms with E-state index >= 15 is 0 Å². The molecule has 2 aliphatic rings. The molecule has 98 valence electrons. The number of carbonyl (C=O) groups excluding carboxylic acids is 1. The molecule has 1 N–H and O–H groups in total. The molecule has 2 bridgehead atoms. The first-order valence-corrected chi connectivity index (χ1v) is 6.69. The predicted molar refractivity (Wildman–Crippen MR) is 64.8 cm³/mol. The SMILES string of the molecule is Cn1nnc(CC(=O)CC2CC3CCC(C2)N3)n1. The molecule has 3 rings (SSSR count). The first-order chi connectivity index (χ1) is 8.69. The summed E-state index contributed by atoms with van der Waals surface area (Å²) >= 11 is 0. The molecule has 2 fully saturated rings. The van der Waals surface area contributed by atoms with Crippen molar-refractivity contribution in [1.29, 1.82) is 0 Å². The van der Waals surface area contributed by atoms with Crippen LogP contribution in [0.3, 0.4) is 0 Å². The highest BCUT2D eigenvalue weighted by atomic mass is 16.1. The van der Waals surface area contributed by atoms with Crippen molar-refractivity contribution in [1.82, 2.24) is 25.5 Å². The number of piperidine rings is 1. The van der Waals surface area contributed by atoms with Crippen molar-refractivity contribution in [3.05, 3.63) is 5.82 Å². The van der Waals surface area contributed by atoms with E-state index in [1.54, 1.807) is 7.05 Å². The lowest BCUT2D eigenvalue weighted by atomic mass is 9.87. The Morgan fingerprint density at radius 3 is 2.72 bits per heavy atom. The first-order valence-electron chi connectivity index (χ1n) is 6.69. The highest BCUT2D eigenvalue weighted by Crippen LogP contribution is 2.32. The number of fused-ring (bicyclic) bond motifs is 2. The molecule has 2 aliphatic heterocycles. The normalized spacial score (nSPS) is 30.6. The number of ketones is 1. The van der Waals surface area contributed by atoms with Gasteiger partial charge in [0.1, 0.15) is 5.78 Å². The minimum Gasteiger partial charge on any atom is -0.311 e. The predicted octanol–water partition coefficient (Wildman–Crippen LogP) is 0.242. The Balaban J connectivity index is 1.52. The van der Waals surface area contributed by atoms with Crippen LogP contribution in [0.15, 0.2) is 0 Å². The highest BCUT2D eigenvalue weighted by molar-refractivity contribution is 5.80. The van der Waals surface area contributed by atoms with Gasteiger partial charge < -0.3 is 5.32 Å². The van der Waals surface area contributed by atoms with Crippen LogP contribution >= 0.6 is 0 Å². The van der Waals surface area contributed by atoms with Gasteiger partial charge in [0.25, 0.3) is 0 Å². The minimum atomic E-state index is 0.245. The van der Waals surface area contributed by atoms with Gasteiger partial charge in [-0.1, -0.05) is 0 Å². The Kier molecular flexibility index (Phi) is 3.11. The molecule has 0 aliphatic carbocycles. The maximum atomic E-state index is 12.0. The molecule has 2 atom stereocenters. The quantitative estimate of drug-likeness (QED) is 0.827. The second kappa shape index (κ2) is 4.76. The summed E-state index contributed by atoms with van der Waals surface area (Å²) in [7, 11) is 1.71. The topological polar surface area (TPSA) is 72.7 Å². The summed E-state index contributed by atoms with van der Waals surface area (Å²) in [6.45, 7) is 0. The van der Waals surface area contributed by atoms with E-state index in [1.807, 2.05) is 0 Å². The molecular weight excluding hydrogens is 230 g/mol. The molecule has 3 heterocycles. The summed E-state index contributed by atoms with van der Waals surface area (Å²) in [6.07, 6.45) is 5.86. The number of aromatic nitrogens is 4. The maximum Gasteiger partial charge on any atom is 0.182 e. The number of hydrogen-bond donors (Lipinski definition) is 1. The highest BCUT2D eigenvalue weighted by Gasteiger charge is 2.34. The summed E-state index contributed by atoms with van der Waals surface area (Å²) < 4.78 is 0. The summed E-state index contributed by atoms with van der Waals surface area (Å²) in [5.41, 5.74) is 0. The molecule has 0 aromatic carbocycles. The van der Waals surface area contributed by atoms with Crippen molar-refractivity contribution >= 4 is 5.78 Å². The molecular formula is C12H19N5O. The van der Waals surface area contributed by atoms with Crippen molar-refractivity contribution in [3.63, 3.8) is 0 Å². The van der Waals surface area contributed by atoms with Crippen LogP contribution in [0, 0.1) is 5.92 Å². The van der Waals surface area contributed by atoms with Crippen molar-refractivity contribution in [3.8, 4) is 0 Å². The number of tetrazole rings is 1. The van der Waals surface area contributed by atoms with Crippen LogP contribution in [0.1, 0.15) is 37.9 Å². The number of hydrogen-bond acceptors (Lipinski definition) is 5. The standard InChI is InChI=1S/C12H19N5O/c1-17-15-12(14-16-17)7-11(18)6-8-4-9-2-3-10(5-8)13-9/h8-10,13H,2-7H2,1H3. The molecule has 6 nitrogen and oxygen atoms in total. The van der Waals surface area contributed by atoms with Crippen LogP contribution in [0.2, 0.25) is 0 Å². The third-order valence-corrected chi connectivity index (χ3v) is 3.99. The number of carbonyl (C=O) groups is 1. The van der Waals surface area contributed by atoms with Crippen LogP contribution in [0.5, 0.6) is 0 Å². The Labute approximate surface area is 106 Å². The van der Waals surface area contributed by atoms with Gasteiger partial charge in [0.2, 0.25) is 0 Å². The zero-order valence-corrected chi connectivity index (χ0v) is 10.7. The van der Waals surface area contributed by atoms with Gasteiger partial charge in [0.05, 0.1) is 13.5 Å². The molecule has 1 aromatic rings. The number of nitrogens with one attached hydrogen (secondary N) is 1. The second-order valence-corrected chi connectivity index (χ2v) is 5.59. The molecule has 2 saturated heterocycles. The lowest BCUT2D eigenvalue weighted by Crippen LogP contribution is -2.38. The van der Waals surface area contributed by atoms with Crippen LogP contribution in [-0.4, -0.2) is 38.1 Å². The van der Waals surface area contributed by atoms with E-state index < -0.39 is 0 Å². The molecule has 0 radical (unpaired) electrons. The van der Waals surface area contributed by atoms with E-state index in [4.69, 9.17) is 0 Å². The zero-order valence-electron chi connectivity index (χ0n) is 10.7. The monoisotopic (exact) mass is 249 g/mol. The largest absolute Gasteiger partial charge is 0.311 e. The van der Waals surface area contributed by atoms with Crippen LogP contribution in [0.4, 0.5) is 0 Å². The minimum absolute atomic E-state index is 0.245. The lowest BCUT2D eigenvalue weighted by molar-refractivity contribution is -0.119. The fourth-order valence-electron chi connectivity index (χ4n) is 3.31. The van der Waals surface area contributed by atoms with Gasteiger partial charge in [0, 0.05) is 18.5 Å². The fourth-order valence-corrected chi connectivity index (χ4v) is 3.31. The van der Waals surface area contributed by atoms with Gasteiger partial charge in [0.15, 0.2) is 5.82 Å². The second-order valence-electron chi connectivity index (χ2n) is 5.59. The van der Waals surface area contributed by atoms with Crippen molar-refractivity contribution in [2.45, 2.75) is 50.6 Å². The van der Waals surface area contributed by atoms with Gasteiger partial charge in [-0.05, 0) is 36.8 Å². The molecule has 0 amide bonds. The number of nitrogens with zero attached hydrogens (tertiary/aromatic N) is 4. The lowest BCUT2D eigenvalue weighted by Gasteiger charge is -2.28. The molecule has 2 unspecified atom stereocenters. The Morgan fingerprint density at radius 2 is 2.11 bits per heavy atom. The van der Waals surface area contributed by atoms with Gasteiger partial charge in [-0.15, -0.1) is 10.2 Å². The van der Waals surface area contributed by atoms with Crippen LogP contribution in [-0.2, 0) is 18.3 Å². The van der Waals surface area contributed by atoms with Crippen LogP contribution < -0.4 is 5.32 Å². The van der Waals surface area contributed by atoms with E-state index in [0.29, 0.717) is 36.7 Å². The zero-order chi connectivity index (χ0) is 12.5. The molecule has 0 spiro atoms. The van der Waals surface area contributed by atoms with Gasteiger partial charge >= 0.3 is 0 Å². The number of Topliss-reactive ketones (excluding diaryl/α,β-unsaturated/α-hetero) is 1. The van der Waals surface area contributed by atoms with Crippen molar-refractivity contribution in [2.24, 2.45) is 13.0 Å². The molecule has 1 aromatic heterocycles. The van der Waals surface area contributed by atoms with Gasteiger partial charge in [-0.25, -0.2) is 0 Å². The van der Waals surface area contributed by atoms with E-state index in [-0.39, 0.29) is 5.78 Å². The van der Waals surface area contributed by atoms with Crippen LogP contribution in [0.25, 0.3) is 0 Å². The third-order valence-electron chi connectivity index (χ3n) is 3.99. The smallest absolute Gasteiger partial charge is 0.182 e. The van der Waals surface area contributed by atoms with E-state index in [2.05, 4.69) is 20.7 Å². The van der Waals surface area contributed by atoms with E-state index in [0.717, 1.165) is 12.8 Å². The van der Waals surface area contributed by atoms with Gasteiger partial charge in [-0.3, -0.25) is 4.79 Å². The van der Waals surface area contributed by atoms with Crippen molar-refractivity contribution < 1.29 is 4.79 Å². The maximum absolute atomic E-state index is 12.0. The summed E-state index contributed by atoms with van der Waals surface area (Å²) in [5.74, 6) is 1.33. The molecule has 0 saturated carbocycles. The summed E-state index contributed by atoms with van der Waals surface area (Å²) in [6, 6.07) is 1.30.